The molecule has 20 heavy (non-hydrogen) atoms. The summed E-state index contributed by atoms with van der Waals surface area (Å²) >= 11 is 0. The van der Waals surface area contributed by atoms with Gasteiger partial charge < -0.3 is 9.84 Å². The van der Waals surface area contributed by atoms with E-state index in [9.17, 15) is 9.50 Å². The van der Waals surface area contributed by atoms with Gasteiger partial charge in [0.1, 0.15) is 11.6 Å². The summed E-state index contributed by atoms with van der Waals surface area (Å²) in [5, 5.41) is 11.2. The molecular weight excluding hydrogens is 255 g/mol. The minimum Gasteiger partial charge on any atom is -0.497 e. The highest BCUT2D eigenvalue weighted by Crippen LogP contribution is 2.65. The maximum atomic E-state index is 14.4. The van der Waals surface area contributed by atoms with Gasteiger partial charge in [-0.3, -0.25) is 0 Å². The predicted octanol–water partition coefficient (Wildman–Crippen LogP) is 3.48. The standard InChI is InChI=1S/C17H21FO2/c1-20-11-5-6-14(16(18)8-11)17(19)9-10-7-15(17)13-4-2-3-12(10)13/h5-6,8,10,12-13,15,19H,2-4,7,9H2,1H3. The molecule has 3 aliphatic rings. The zero-order valence-electron chi connectivity index (χ0n) is 11.8. The second-order valence-electron chi connectivity index (χ2n) is 6.84. The van der Waals surface area contributed by atoms with Crippen LogP contribution in [0.3, 0.4) is 0 Å². The molecule has 1 aromatic carbocycles. The van der Waals surface area contributed by atoms with E-state index in [2.05, 4.69) is 0 Å². The quantitative estimate of drug-likeness (QED) is 0.896. The number of fused-ring (bicyclic) bond motifs is 5. The lowest BCUT2D eigenvalue weighted by molar-refractivity contribution is -0.0537. The normalized spacial score (nSPS) is 42.0. The van der Waals surface area contributed by atoms with E-state index in [-0.39, 0.29) is 11.7 Å². The average Bonchev–Trinajstić information content (AvgIpc) is 3.09. The van der Waals surface area contributed by atoms with Gasteiger partial charge in [-0.15, -0.1) is 0 Å². The molecule has 0 radical (unpaired) electrons. The SMILES string of the molecule is COc1ccc(C2(O)CC3CC2C2CCCC32)c(F)c1. The van der Waals surface area contributed by atoms with Crippen LogP contribution in [-0.4, -0.2) is 12.2 Å². The van der Waals surface area contributed by atoms with Gasteiger partial charge in [-0.2, -0.15) is 0 Å². The van der Waals surface area contributed by atoms with Crippen LogP contribution in [0.4, 0.5) is 4.39 Å². The molecule has 3 aliphatic carbocycles. The van der Waals surface area contributed by atoms with E-state index in [4.69, 9.17) is 4.74 Å². The number of hydrogen-bond acceptors (Lipinski definition) is 2. The Morgan fingerprint density at radius 1 is 1.30 bits per heavy atom. The first kappa shape index (κ1) is 12.6. The van der Waals surface area contributed by atoms with Crippen LogP contribution in [-0.2, 0) is 5.60 Å². The fourth-order valence-electron chi connectivity index (χ4n) is 5.40. The summed E-state index contributed by atoms with van der Waals surface area (Å²) < 4.78 is 19.4. The van der Waals surface area contributed by atoms with Crippen LogP contribution >= 0.6 is 0 Å². The second-order valence-corrected chi connectivity index (χ2v) is 6.84. The van der Waals surface area contributed by atoms with E-state index < -0.39 is 5.60 Å². The molecule has 3 fully saturated rings. The molecule has 2 nitrogen and oxygen atoms in total. The Balaban J connectivity index is 1.72. The van der Waals surface area contributed by atoms with Crippen molar-refractivity contribution in [3.05, 3.63) is 29.6 Å². The molecule has 108 valence electrons. The third kappa shape index (κ3) is 1.53. The molecule has 0 saturated heterocycles. The summed E-state index contributed by atoms with van der Waals surface area (Å²) in [5.74, 6) is 2.44. The van der Waals surface area contributed by atoms with Gasteiger partial charge in [0.05, 0.1) is 12.7 Å². The summed E-state index contributed by atoms with van der Waals surface area (Å²) in [4.78, 5) is 0. The highest BCUT2D eigenvalue weighted by molar-refractivity contribution is 5.35. The maximum absolute atomic E-state index is 14.4. The molecule has 0 aromatic heterocycles. The Bertz CT molecular complexity index is 544. The van der Waals surface area contributed by atoms with Gasteiger partial charge >= 0.3 is 0 Å². The Morgan fingerprint density at radius 3 is 2.85 bits per heavy atom. The first-order valence-corrected chi connectivity index (χ1v) is 7.70. The molecule has 1 N–H and O–H groups in total. The van der Waals surface area contributed by atoms with E-state index in [1.807, 2.05) is 0 Å². The van der Waals surface area contributed by atoms with Crippen molar-refractivity contribution in [1.29, 1.82) is 0 Å². The second kappa shape index (κ2) is 4.20. The molecule has 2 bridgehead atoms. The molecule has 4 rings (SSSR count). The molecule has 3 heteroatoms. The number of ether oxygens (including phenoxy) is 1. The van der Waals surface area contributed by atoms with Crippen molar-refractivity contribution >= 4 is 0 Å². The molecule has 1 aromatic rings. The summed E-state index contributed by atoms with van der Waals surface area (Å²) in [6.45, 7) is 0. The molecule has 5 atom stereocenters. The number of aliphatic hydroxyl groups is 1. The van der Waals surface area contributed by atoms with Gasteiger partial charge in [0.25, 0.3) is 0 Å². The third-order valence-corrected chi connectivity index (χ3v) is 6.13. The van der Waals surface area contributed by atoms with Crippen LogP contribution in [0.5, 0.6) is 5.75 Å². The fourth-order valence-corrected chi connectivity index (χ4v) is 5.40. The summed E-state index contributed by atoms with van der Waals surface area (Å²) in [6, 6.07) is 4.87. The number of halogens is 1. The van der Waals surface area contributed by atoms with Gasteiger partial charge in [0, 0.05) is 11.6 Å². The topological polar surface area (TPSA) is 29.5 Å². The van der Waals surface area contributed by atoms with Gasteiger partial charge in [0.15, 0.2) is 0 Å². The van der Waals surface area contributed by atoms with E-state index in [1.54, 1.807) is 12.1 Å². The van der Waals surface area contributed by atoms with Gasteiger partial charge in [-0.25, -0.2) is 4.39 Å². The van der Waals surface area contributed by atoms with Gasteiger partial charge in [-0.1, -0.05) is 6.42 Å². The third-order valence-electron chi connectivity index (χ3n) is 6.13. The Labute approximate surface area is 119 Å². The van der Waals surface area contributed by atoms with Crippen molar-refractivity contribution in [2.75, 3.05) is 7.11 Å². The lowest BCUT2D eigenvalue weighted by Gasteiger charge is -2.39. The van der Waals surface area contributed by atoms with Crippen LogP contribution in [0, 0.1) is 29.5 Å². The Kier molecular flexibility index (Phi) is 2.65. The van der Waals surface area contributed by atoms with Crippen molar-refractivity contribution < 1.29 is 14.2 Å². The van der Waals surface area contributed by atoms with Gasteiger partial charge in [0.2, 0.25) is 0 Å². The largest absolute Gasteiger partial charge is 0.497 e. The average molecular weight is 276 g/mol. The van der Waals surface area contributed by atoms with Crippen molar-refractivity contribution in [2.24, 2.45) is 23.7 Å². The van der Waals surface area contributed by atoms with Gasteiger partial charge in [-0.05, 0) is 61.5 Å². The fraction of sp³-hybridized carbons (Fsp3) is 0.647. The predicted molar refractivity (Wildman–Crippen MR) is 73.9 cm³/mol. The molecule has 0 spiro atoms. The lowest BCUT2D eigenvalue weighted by atomic mass is 9.70. The van der Waals surface area contributed by atoms with E-state index in [1.165, 1.54) is 32.4 Å². The first-order chi connectivity index (χ1) is 9.63. The molecule has 0 heterocycles. The highest BCUT2D eigenvalue weighted by atomic mass is 19.1. The highest BCUT2D eigenvalue weighted by Gasteiger charge is 2.61. The van der Waals surface area contributed by atoms with Crippen LogP contribution < -0.4 is 4.74 Å². The molecular formula is C17H21FO2. The Morgan fingerprint density at radius 2 is 2.10 bits per heavy atom. The van der Waals surface area contributed by atoms with Crippen molar-refractivity contribution in [3.63, 3.8) is 0 Å². The minimum atomic E-state index is -0.952. The van der Waals surface area contributed by atoms with E-state index in [0.29, 0.717) is 23.1 Å². The monoisotopic (exact) mass is 276 g/mol. The maximum Gasteiger partial charge on any atom is 0.132 e. The Hall–Kier alpha value is -1.09. The van der Waals surface area contributed by atoms with Crippen molar-refractivity contribution in [1.82, 2.24) is 0 Å². The van der Waals surface area contributed by atoms with Crippen LogP contribution in [0.25, 0.3) is 0 Å². The minimum absolute atomic E-state index is 0.253. The molecule has 0 amide bonds. The molecule has 3 saturated carbocycles. The zero-order valence-corrected chi connectivity index (χ0v) is 11.8. The zero-order chi connectivity index (χ0) is 13.9. The number of methoxy groups -OCH3 is 1. The van der Waals surface area contributed by atoms with Crippen molar-refractivity contribution in [2.45, 2.75) is 37.7 Å². The first-order valence-electron chi connectivity index (χ1n) is 7.70. The number of benzene rings is 1. The van der Waals surface area contributed by atoms with E-state index in [0.717, 1.165) is 18.8 Å². The van der Waals surface area contributed by atoms with Crippen LogP contribution in [0.15, 0.2) is 18.2 Å². The summed E-state index contributed by atoms with van der Waals surface area (Å²) in [5.41, 5.74) is -0.469. The summed E-state index contributed by atoms with van der Waals surface area (Å²) in [7, 11) is 1.53. The lowest BCUT2D eigenvalue weighted by Crippen LogP contribution is -2.39. The molecule has 5 unspecified atom stereocenters. The smallest absolute Gasteiger partial charge is 0.132 e. The summed E-state index contributed by atoms with van der Waals surface area (Å²) in [6.07, 6.45) is 5.63. The van der Waals surface area contributed by atoms with Crippen LogP contribution in [0.2, 0.25) is 0 Å². The number of hydrogen-bond donors (Lipinski definition) is 1. The van der Waals surface area contributed by atoms with E-state index >= 15 is 0 Å². The molecule has 0 aliphatic heterocycles. The van der Waals surface area contributed by atoms with Crippen LogP contribution in [0.1, 0.15) is 37.7 Å². The van der Waals surface area contributed by atoms with Crippen molar-refractivity contribution in [3.8, 4) is 5.75 Å². The number of rotatable bonds is 2.